The van der Waals surface area contributed by atoms with Crippen LogP contribution in [0.4, 0.5) is 11.4 Å². The minimum Gasteiger partial charge on any atom is -0.497 e. The second-order valence-corrected chi connectivity index (χ2v) is 7.21. The van der Waals surface area contributed by atoms with E-state index >= 15 is 0 Å². The first-order valence-electron chi connectivity index (χ1n) is 9.82. The Morgan fingerprint density at radius 1 is 0.970 bits per heavy atom. The van der Waals surface area contributed by atoms with Crippen LogP contribution in [0, 0.1) is 11.3 Å². The fourth-order valence-corrected chi connectivity index (χ4v) is 2.89. The van der Waals surface area contributed by atoms with Crippen molar-refractivity contribution in [2.45, 2.75) is 0 Å². The molecule has 0 unspecified atom stereocenters. The standard InChI is InChI=1S/C25H20ClN3O4/c1-32-22-11-9-21(10-12-22)29-25(31)18(15-27)13-17-3-2-4-23(14-17)33-16-24(30)28-20-7-5-19(26)6-8-20/h2-14H,16H2,1H3,(H,28,30)(H,29,31)/b18-13-. The van der Waals surface area contributed by atoms with Crippen molar-refractivity contribution in [3.05, 3.63) is 89.0 Å². The zero-order valence-corrected chi connectivity index (χ0v) is 18.4. The van der Waals surface area contributed by atoms with Crippen LogP contribution in [0.1, 0.15) is 5.56 Å². The lowest BCUT2D eigenvalue weighted by Gasteiger charge is -2.08. The van der Waals surface area contributed by atoms with Crippen LogP contribution in [0.3, 0.4) is 0 Å². The van der Waals surface area contributed by atoms with Crippen molar-refractivity contribution in [1.82, 2.24) is 0 Å². The highest BCUT2D eigenvalue weighted by atomic mass is 35.5. The van der Waals surface area contributed by atoms with Crippen molar-refractivity contribution in [2.75, 3.05) is 24.4 Å². The molecule has 8 heteroatoms. The van der Waals surface area contributed by atoms with E-state index < -0.39 is 5.91 Å². The third-order valence-electron chi connectivity index (χ3n) is 4.38. The van der Waals surface area contributed by atoms with E-state index in [0.29, 0.717) is 33.5 Å². The molecule has 166 valence electrons. The summed E-state index contributed by atoms with van der Waals surface area (Å²) in [7, 11) is 1.55. The maximum absolute atomic E-state index is 12.5. The Morgan fingerprint density at radius 2 is 1.64 bits per heavy atom. The highest BCUT2D eigenvalue weighted by Gasteiger charge is 2.10. The van der Waals surface area contributed by atoms with Crippen molar-refractivity contribution in [3.8, 4) is 17.6 Å². The molecular formula is C25H20ClN3O4. The fraction of sp³-hybridized carbons (Fsp3) is 0.0800. The maximum atomic E-state index is 12.5. The Balaban J connectivity index is 1.61. The normalized spacial score (nSPS) is 10.6. The van der Waals surface area contributed by atoms with Crippen LogP contribution in [-0.2, 0) is 9.59 Å². The first kappa shape index (κ1) is 23.4. The SMILES string of the molecule is COc1ccc(NC(=O)/C(C#N)=C\c2cccc(OCC(=O)Nc3ccc(Cl)cc3)c2)cc1. The van der Waals surface area contributed by atoms with Gasteiger partial charge < -0.3 is 20.1 Å². The molecule has 0 fully saturated rings. The summed E-state index contributed by atoms with van der Waals surface area (Å²) in [6.45, 7) is -0.209. The van der Waals surface area contributed by atoms with Gasteiger partial charge in [-0.3, -0.25) is 9.59 Å². The van der Waals surface area contributed by atoms with E-state index in [2.05, 4.69) is 10.6 Å². The number of carbonyl (C=O) groups excluding carboxylic acids is 2. The second-order valence-electron chi connectivity index (χ2n) is 6.77. The van der Waals surface area contributed by atoms with Gasteiger partial charge in [0.15, 0.2) is 6.61 Å². The van der Waals surface area contributed by atoms with E-state index in [9.17, 15) is 14.9 Å². The molecule has 0 aliphatic carbocycles. The summed E-state index contributed by atoms with van der Waals surface area (Å²) < 4.78 is 10.6. The lowest BCUT2D eigenvalue weighted by molar-refractivity contribution is -0.118. The number of hydrogen-bond donors (Lipinski definition) is 2. The summed E-state index contributed by atoms with van der Waals surface area (Å²) >= 11 is 5.83. The van der Waals surface area contributed by atoms with Crippen LogP contribution >= 0.6 is 11.6 Å². The predicted octanol–water partition coefficient (Wildman–Crippen LogP) is 4.91. The molecule has 0 heterocycles. The van der Waals surface area contributed by atoms with E-state index in [1.165, 1.54) is 6.08 Å². The number of amides is 2. The molecule has 3 rings (SSSR count). The number of halogens is 1. The van der Waals surface area contributed by atoms with Gasteiger partial charge in [0.25, 0.3) is 11.8 Å². The molecule has 7 nitrogen and oxygen atoms in total. The molecular weight excluding hydrogens is 442 g/mol. The number of methoxy groups -OCH3 is 1. The third-order valence-corrected chi connectivity index (χ3v) is 4.63. The van der Waals surface area contributed by atoms with E-state index in [-0.39, 0.29) is 18.1 Å². The van der Waals surface area contributed by atoms with Crippen LogP contribution in [0.2, 0.25) is 5.02 Å². The van der Waals surface area contributed by atoms with Crippen LogP contribution in [-0.4, -0.2) is 25.5 Å². The van der Waals surface area contributed by atoms with Gasteiger partial charge in [0, 0.05) is 16.4 Å². The van der Waals surface area contributed by atoms with Crippen LogP contribution in [0.15, 0.2) is 78.4 Å². The third kappa shape index (κ3) is 7.13. The summed E-state index contributed by atoms with van der Waals surface area (Å²) in [5.74, 6) is 0.191. The zero-order chi connectivity index (χ0) is 23.6. The molecule has 2 amide bonds. The van der Waals surface area contributed by atoms with Crippen LogP contribution < -0.4 is 20.1 Å². The summed E-state index contributed by atoms with van der Waals surface area (Å²) in [6.07, 6.45) is 1.44. The molecule has 0 aromatic heterocycles. The predicted molar refractivity (Wildman–Crippen MR) is 127 cm³/mol. The lowest BCUT2D eigenvalue weighted by atomic mass is 10.1. The number of rotatable bonds is 8. The van der Waals surface area contributed by atoms with Crippen molar-refractivity contribution >= 4 is 40.9 Å². The Kier molecular flexibility index (Phi) is 8.06. The van der Waals surface area contributed by atoms with E-state index in [4.69, 9.17) is 21.1 Å². The average Bonchev–Trinajstić information content (AvgIpc) is 2.83. The molecule has 3 aromatic carbocycles. The summed E-state index contributed by atoms with van der Waals surface area (Å²) in [6, 6.07) is 22.1. The van der Waals surface area contributed by atoms with Crippen molar-refractivity contribution < 1.29 is 19.1 Å². The number of anilines is 2. The van der Waals surface area contributed by atoms with Crippen molar-refractivity contribution in [1.29, 1.82) is 5.26 Å². The smallest absolute Gasteiger partial charge is 0.266 e. The van der Waals surface area contributed by atoms with Gasteiger partial charge in [-0.1, -0.05) is 23.7 Å². The number of ether oxygens (including phenoxy) is 2. The van der Waals surface area contributed by atoms with Gasteiger partial charge in [0.1, 0.15) is 23.1 Å². The molecule has 33 heavy (non-hydrogen) atoms. The van der Waals surface area contributed by atoms with Gasteiger partial charge in [-0.2, -0.15) is 5.26 Å². The van der Waals surface area contributed by atoms with Gasteiger partial charge in [-0.25, -0.2) is 0 Å². The molecule has 0 atom stereocenters. The van der Waals surface area contributed by atoms with Gasteiger partial charge in [-0.05, 0) is 72.3 Å². The first-order valence-corrected chi connectivity index (χ1v) is 10.2. The molecule has 2 N–H and O–H groups in total. The second kappa shape index (κ2) is 11.4. The van der Waals surface area contributed by atoms with Gasteiger partial charge in [0.2, 0.25) is 0 Å². The first-order chi connectivity index (χ1) is 16.0. The van der Waals surface area contributed by atoms with Crippen molar-refractivity contribution in [3.63, 3.8) is 0 Å². The highest BCUT2D eigenvalue weighted by molar-refractivity contribution is 6.30. The number of benzene rings is 3. The van der Waals surface area contributed by atoms with E-state index in [0.717, 1.165) is 0 Å². The Hall–Kier alpha value is -4.28. The van der Waals surface area contributed by atoms with Gasteiger partial charge in [-0.15, -0.1) is 0 Å². The Bertz CT molecular complexity index is 1200. The summed E-state index contributed by atoms with van der Waals surface area (Å²) in [4.78, 5) is 24.6. The van der Waals surface area contributed by atoms with Crippen molar-refractivity contribution in [2.24, 2.45) is 0 Å². The zero-order valence-electron chi connectivity index (χ0n) is 17.7. The van der Waals surface area contributed by atoms with Crippen LogP contribution in [0.5, 0.6) is 11.5 Å². The Labute approximate surface area is 196 Å². The number of carbonyl (C=O) groups is 2. The molecule has 0 bridgehead atoms. The summed E-state index contributed by atoms with van der Waals surface area (Å²) in [5.41, 5.74) is 1.63. The van der Waals surface area contributed by atoms with E-state index in [1.807, 2.05) is 6.07 Å². The molecule has 0 saturated carbocycles. The molecule has 0 saturated heterocycles. The quantitative estimate of drug-likeness (QED) is 0.366. The molecule has 3 aromatic rings. The highest BCUT2D eigenvalue weighted by Crippen LogP contribution is 2.19. The molecule has 0 radical (unpaired) electrons. The fourth-order valence-electron chi connectivity index (χ4n) is 2.76. The maximum Gasteiger partial charge on any atom is 0.266 e. The number of nitrogens with one attached hydrogen (secondary N) is 2. The lowest BCUT2D eigenvalue weighted by Crippen LogP contribution is -2.20. The molecule has 0 aliphatic rings. The Morgan fingerprint density at radius 3 is 2.30 bits per heavy atom. The number of nitriles is 1. The van der Waals surface area contributed by atoms with Gasteiger partial charge >= 0.3 is 0 Å². The minimum absolute atomic E-state index is 0.0801. The summed E-state index contributed by atoms with van der Waals surface area (Å²) in [5, 5.41) is 15.4. The molecule has 0 spiro atoms. The number of nitrogens with zero attached hydrogens (tertiary/aromatic N) is 1. The van der Waals surface area contributed by atoms with Crippen LogP contribution in [0.25, 0.3) is 6.08 Å². The average molecular weight is 462 g/mol. The topological polar surface area (TPSA) is 100 Å². The molecule has 0 aliphatic heterocycles. The largest absolute Gasteiger partial charge is 0.497 e. The minimum atomic E-state index is -0.545. The number of hydrogen-bond acceptors (Lipinski definition) is 5. The monoisotopic (exact) mass is 461 g/mol. The van der Waals surface area contributed by atoms with E-state index in [1.54, 1.807) is 79.9 Å². The van der Waals surface area contributed by atoms with Gasteiger partial charge in [0.05, 0.1) is 7.11 Å².